The monoisotopic (exact) mass is 209 g/mol. The third-order valence-corrected chi connectivity index (χ3v) is 2.37. The van der Waals surface area contributed by atoms with Gasteiger partial charge in [0, 0.05) is 0 Å². The molecule has 13 heavy (non-hydrogen) atoms. The zero-order chi connectivity index (χ0) is 9.94. The highest BCUT2D eigenvalue weighted by Gasteiger charge is 2.02. The fourth-order valence-corrected chi connectivity index (χ4v) is 1.40. The molecule has 0 aromatic rings. The van der Waals surface area contributed by atoms with Crippen molar-refractivity contribution in [3.05, 3.63) is 0 Å². The van der Waals surface area contributed by atoms with E-state index < -0.39 is 8.60 Å². The lowest BCUT2D eigenvalue weighted by Crippen LogP contribution is -1.97. The first kappa shape index (κ1) is 13.3. The SMILES string of the molecule is CCCCCCCCOP(O)ON. The molecule has 0 saturated carbocycles. The normalized spacial score (nSPS) is 13.2. The van der Waals surface area contributed by atoms with Gasteiger partial charge in [-0.15, -0.1) is 0 Å². The van der Waals surface area contributed by atoms with E-state index in [1.165, 1.54) is 25.7 Å². The molecule has 0 aromatic carbocycles. The highest BCUT2D eigenvalue weighted by molar-refractivity contribution is 7.40. The van der Waals surface area contributed by atoms with Gasteiger partial charge in [-0.1, -0.05) is 39.0 Å². The van der Waals surface area contributed by atoms with Gasteiger partial charge >= 0.3 is 8.60 Å². The second-order valence-corrected chi connectivity index (χ2v) is 3.89. The first-order valence-corrected chi connectivity index (χ1v) is 5.93. The van der Waals surface area contributed by atoms with E-state index in [4.69, 9.17) is 15.3 Å². The summed E-state index contributed by atoms with van der Waals surface area (Å²) in [5.41, 5.74) is 0. The molecule has 0 radical (unpaired) electrons. The van der Waals surface area contributed by atoms with Crippen LogP contribution in [-0.2, 0) is 9.15 Å². The largest absolute Gasteiger partial charge is 0.347 e. The molecule has 0 amide bonds. The van der Waals surface area contributed by atoms with E-state index in [0.29, 0.717) is 6.61 Å². The van der Waals surface area contributed by atoms with Crippen LogP contribution < -0.4 is 5.90 Å². The molecule has 0 aliphatic carbocycles. The minimum atomic E-state index is -1.83. The average Bonchev–Trinajstić information content (AvgIpc) is 2.16. The molecule has 0 rings (SSSR count). The Balaban J connectivity index is 2.91. The maximum atomic E-state index is 8.79. The topological polar surface area (TPSA) is 64.7 Å². The van der Waals surface area contributed by atoms with E-state index in [9.17, 15) is 0 Å². The lowest BCUT2D eigenvalue weighted by atomic mass is 10.1. The van der Waals surface area contributed by atoms with Gasteiger partial charge in [0.1, 0.15) is 0 Å². The van der Waals surface area contributed by atoms with Crippen molar-refractivity contribution in [1.82, 2.24) is 0 Å². The fourth-order valence-electron chi connectivity index (χ4n) is 1.06. The Morgan fingerprint density at radius 2 is 1.77 bits per heavy atom. The van der Waals surface area contributed by atoms with Crippen molar-refractivity contribution in [2.75, 3.05) is 6.61 Å². The van der Waals surface area contributed by atoms with Crippen molar-refractivity contribution in [1.29, 1.82) is 0 Å². The summed E-state index contributed by atoms with van der Waals surface area (Å²) < 4.78 is 8.96. The summed E-state index contributed by atoms with van der Waals surface area (Å²) in [6, 6.07) is 0. The average molecular weight is 209 g/mol. The standard InChI is InChI=1S/C8H20NO3P/c1-2-3-4-5-6-7-8-11-13(10)12-9/h10H,2-9H2,1H3. The number of nitrogens with two attached hydrogens (primary N) is 1. The van der Waals surface area contributed by atoms with E-state index in [-0.39, 0.29) is 0 Å². The smallest absolute Gasteiger partial charge is 0.327 e. The maximum absolute atomic E-state index is 8.79. The van der Waals surface area contributed by atoms with Crippen molar-refractivity contribution in [2.45, 2.75) is 45.4 Å². The van der Waals surface area contributed by atoms with Gasteiger partial charge in [0.25, 0.3) is 0 Å². The van der Waals surface area contributed by atoms with Crippen LogP contribution in [0.25, 0.3) is 0 Å². The van der Waals surface area contributed by atoms with Crippen molar-refractivity contribution in [2.24, 2.45) is 5.90 Å². The Bertz CT molecular complexity index is 105. The Labute approximate surface area is 81.4 Å². The van der Waals surface area contributed by atoms with Crippen LogP contribution in [0, 0.1) is 0 Å². The third-order valence-electron chi connectivity index (χ3n) is 1.79. The quantitative estimate of drug-likeness (QED) is 0.348. The van der Waals surface area contributed by atoms with Crippen LogP contribution >= 0.6 is 8.60 Å². The van der Waals surface area contributed by atoms with Crippen LogP contribution in [0.2, 0.25) is 0 Å². The summed E-state index contributed by atoms with van der Waals surface area (Å²) >= 11 is 0. The summed E-state index contributed by atoms with van der Waals surface area (Å²) in [4.78, 5) is 8.79. The number of hydrogen-bond donors (Lipinski definition) is 2. The van der Waals surface area contributed by atoms with Crippen LogP contribution in [0.15, 0.2) is 0 Å². The summed E-state index contributed by atoms with van der Waals surface area (Å²) in [6.07, 6.45) is 7.21. The number of unbranched alkanes of at least 4 members (excludes halogenated alkanes) is 5. The minimum Gasteiger partial charge on any atom is -0.327 e. The molecule has 0 fully saturated rings. The van der Waals surface area contributed by atoms with Crippen molar-refractivity contribution < 1.29 is 14.0 Å². The van der Waals surface area contributed by atoms with Gasteiger partial charge in [0.15, 0.2) is 0 Å². The molecule has 80 valence electrons. The van der Waals surface area contributed by atoms with Crippen molar-refractivity contribution in [3.63, 3.8) is 0 Å². The van der Waals surface area contributed by atoms with Crippen LogP contribution in [0.4, 0.5) is 0 Å². The van der Waals surface area contributed by atoms with Crippen LogP contribution in [0.3, 0.4) is 0 Å². The Morgan fingerprint density at radius 1 is 1.15 bits per heavy atom. The van der Waals surface area contributed by atoms with Gasteiger partial charge in [-0.3, -0.25) is 0 Å². The predicted molar refractivity (Wildman–Crippen MR) is 53.7 cm³/mol. The molecule has 0 aliphatic rings. The Hall–Kier alpha value is 0.270. The summed E-state index contributed by atoms with van der Waals surface area (Å²) in [7, 11) is -1.83. The predicted octanol–water partition coefficient (Wildman–Crippen LogP) is 2.47. The molecule has 0 aromatic heterocycles. The highest BCUT2D eigenvalue weighted by atomic mass is 31.2. The van der Waals surface area contributed by atoms with Gasteiger partial charge in [0.2, 0.25) is 0 Å². The molecule has 1 atom stereocenters. The minimum absolute atomic E-state index is 0.533. The Morgan fingerprint density at radius 3 is 2.38 bits per heavy atom. The van der Waals surface area contributed by atoms with Crippen LogP contribution in [0.1, 0.15) is 45.4 Å². The summed E-state index contributed by atoms with van der Waals surface area (Å²) in [5, 5.41) is 0. The van der Waals surface area contributed by atoms with Crippen LogP contribution in [0.5, 0.6) is 0 Å². The van der Waals surface area contributed by atoms with Crippen LogP contribution in [-0.4, -0.2) is 11.5 Å². The molecule has 0 spiro atoms. The zero-order valence-electron chi connectivity index (χ0n) is 8.24. The first-order chi connectivity index (χ1) is 6.31. The second kappa shape index (κ2) is 10.4. The lowest BCUT2D eigenvalue weighted by molar-refractivity contribution is 0.200. The van der Waals surface area contributed by atoms with E-state index in [1.807, 2.05) is 0 Å². The van der Waals surface area contributed by atoms with E-state index in [1.54, 1.807) is 0 Å². The van der Waals surface area contributed by atoms with E-state index in [0.717, 1.165) is 12.8 Å². The maximum Gasteiger partial charge on any atom is 0.347 e. The van der Waals surface area contributed by atoms with E-state index >= 15 is 0 Å². The summed E-state index contributed by atoms with van der Waals surface area (Å²) in [5.74, 6) is 4.71. The molecule has 1 unspecified atom stereocenters. The van der Waals surface area contributed by atoms with Gasteiger partial charge in [-0.25, -0.2) is 10.5 Å². The summed E-state index contributed by atoms with van der Waals surface area (Å²) in [6.45, 7) is 2.73. The molecule has 5 heteroatoms. The lowest BCUT2D eigenvalue weighted by Gasteiger charge is -2.06. The first-order valence-electron chi connectivity index (χ1n) is 4.80. The molecule has 0 saturated heterocycles. The second-order valence-electron chi connectivity index (χ2n) is 2.94. The van der Waals surface area contributed by atoms with Gasteiger partial charge in [0.05, 0.1) is 6.61 Å². The molecule has 0 aliphatic heterocycles. The fraction of sp³-hybridized carbons (Fsp3) is 1.00. The number of rotatable bonds is 9. The van der Waals surface area contributed by atoms with Gasteiger partial charge < -0.3 is 9.42 Å². The molecular weight excluding hydrogens is 189 g/mol. The highest BCUT2D eigenvalue weighted by Crippen LogP contribution is 2.29. The molecule has 0 bridgehead atoms. The number of hydrogen-bond acceptors (Lipinski definition) is 4. The molecule has 0 heterocycles. The zero-order valence-corrected chi connectivity index (χ0v) is 9.13. The van der Waals surface area contributed by atoms with Crippen molar-refractivity contribution >= 4 is 8.60 Å². The van der Waals surface area contributed by atoms with Gasteiger partial charge in [-0.2, -0.15) is 0 Å². The Kier molecular flexibility index (Phi) is 10.6. The molecular formula is C8H20NO3P. The van der Waals surface area contributed by atoms with Gasteiger partial charge in [-0.05, 0) is 6.42 Å². The third kappa shape index (κ3) is 10.2. The van der Waals surface area contributed by atoms with Crippen molar-refractivity contribution in [3.8, 4) is 0 Å². The van der Waals surface area contributed by atoms with E-state index in [2.05, 4.69) is 11.5 Å². The molecule has 4 nitrogen and oxygen atoms in total. The molecule has 3 N–H and O–H groups in total.